The van der Waals surface area contributed by atoms with Gasteiger partial charge in [-0.15, -0.1) is 0 Å². The van der Waals surface area contributed by atoms with Crippen molar-refractivity contribution in [3.05, 3.63) is 60.2 Å². The molecule has 1 amide bonds. The number of unbranched alkanes of at least 4 members (excludes halogenated alkanes) is 2. The molecule has 148 valence electrons. The molecule has 27 heavy (non-hydrogen) atoms. The number of carbonyl (C=O) groups excluding carboxylic acids is 1. The molecule has 2 atom stereocenters. The second kappa shape index (κ2) is 13.4. The molecule has 0 aromatic heterocycles. The number of nitrogens with one attached hydrogen (secondary N) is 1. The molecule has 1 aliphatic carbocycles. The zero-order valence-corrected chi connectivity index (χ0v) is 17.0. The number of allylic oxidation sites excluding steroid dienone is 4. The number of hydrogen-bond donors (Lipinski definition) is 1. The van der Waals surface area contributed by atoms with Gasteiger partial charge in [0.25, 0.3) is 0 Å². The number of benzene rings is 1. The van der Waals surface area contributed by atoms with Gasteiger partial charge in [-0.25, -0.2) is 0 Å². The zero-order valence-electron chi connectivity index (χ0n) is 17.0. The molecule has 0 radical (unpaired) electrons. The summed E-state index contributed by atoms with van der Waals surface area (Å²) in [5.74, 6) is 1.76. The molecule has 0 aliphatic heterocycles. The summed E-state index contributed by atoms with van der Waals surface area (Å²) in [4.78, 5) is 11.4. The van der Waals surface area contributed by atoms with Gasteiger partial charge in [-0.1, -0.05) is 61.1 Å². The molecule has 1 N–H and O–H groups in total. The van der Waals surface area contributed by atoms with Crippen LogP contribution in [-0.4, -0.2) is 12.5 Å². The highest BCUT2D eigenvalue weighted by Crippen LogP contribution is 2.35. The fourth-order valence-corrected chi connectivity index (χ4v) is 4.01. The molecule has 0 bridgehead atoms. The highest BCUT2D eigenvalue weighted by molar-refractivity contribution is 5.75. The number of aryl methyl sites for hydroxylation is 1. The van der Waals surface area contributed by atoms with Crippen LogP contribution in [0.3, 0.4) is 0 Å². The van der Waals surface area contributed by atoms with E-state index in [0.717, 1.165) is 31.2 Å². The minimum absolute atomic E-state index is 0.180. The summed E-state index contributed by atoms with van der Waals surface area (Å²) in [6.07, 6.45) is 21.0. The van der Waals surface area contributed by atoms with Crippen molar-refractivity contribution in [2.45, 2.75) is 71.1 Å². The van der Waals surface area contributed by atoms with Crippen LogP contribution < -0.4 is 5.32 Å². The van der Waals surface area contributed by atoms with E-state index in [1.165, 1.54) is 50.5 Å². The van der Waals surface area contributed by atoms with Crippen molar-refractivity contribution in [1.82, 2.24) is 5.32 Å². The first-order valence-corrected chi connectivity index (χ1v) is 10.9. The third kappa shape index (κ3) is 9.08. The predicted molar refractivity (Wildman–Crippen MR) is 116 cm³/mol. The van der Waals surface area contributed by atoms with E-state index in [1.807, 2.05) is 6.92 Å². The van der Waals surface area contributed by atoms with Crippen molar-refractivity contribution in [3.63, 3.8) is 0 Å². The minimum atomic E-state index is 0.180. The topological polar surface area (TPSA) is 29.1 Å². The fraction of sp³-hybridized carbons (Fsp3) is 0.560. The van der Waals surface area contributed by atoms with Crippen LogP contribution in [0, 0.1) is 11.8 Å². The Hall–Kier alpha value is -1.83. The van der Waals surface area contributed by atoms with Crippen LogP contribution >= 0.6 is 0 Å². The van der Waals surface area contributed by atoms with E-state index in [1.54, 1.807) is 0 Å². The van der Waals surface area contributed by atoms with Crippen LogP contribution in [0.2, 0.25) is 0 Å². The normalized spacial score (nSPS) is 19.9. The summed E-state index contributed by atoms with van der Waals surface area (Å²) in [6.45, 7) is 2.70. The van der Waals surface area contributed by atoms with Gasteiger partial charge < -0.3 is 5.32 Å². The summed E-state index contributed by atoms with van der Waals surface area (Å²) in [7, 11) is 0. The fourth-order valence-electron chi connectivity index (χ4n) is 4.01. The number of amides is 1. The van der Waals surface area contributed by atoms with Crippen LogP contribution in [-0.2, 0) is 11.2 Å². The minimum Gasteiger partial charge on any atom is -0.356 e. The lowest BCUT2D eigenvalue weighted by atomic mass is 9.92. The summed E-state index contributed by atoms with van der Waals surface area (Å²) in [5.41, 5.74) is 1.45. The van der Waals surface area contributed by atoms with Crippen LogP contribution in [0.25, 0.3) is 0 Å². The van der Waals surface area contributed by atoms with E-state index in [9.17, 15) is 4.79 Å². The molecule has 2 rings (SSSR count). The van der Waals surface area contributed by atoms with Crippen LogP contribution in [0.4, 0.5) is 0 Å². The summed E-state index contributed by atoms with van der Waals surface area (Å²) in [6, 6.07) is 10.8. The number of carbonyl (C=O) groups is 1. The Morgan fingerprint density at radius 3 is 2.70 bits per heavy atom. The predicted octanol–water partition coefficient (Wildman–Crippen LogP) is 6.23. The standard InChI is InChI=1S/C25H37NO/c1-2-26-25(27)21-12-4-3-10-17-23-19-13-20-24(23)18-11-6-9-16-22-14-7-5-8-15-22/h3,5,7-8,10-11,14-15,18,23-24H,2,4,6,9,12-13,16-17,19-21H2,1H3,(H,26,27)/b10-3-,18-11+/t23-,24-/m0/s1. The van der Waals surface area contributed by atoms with E-state index in [-0.39, 0.29) is 5.91 Å². The zero-order chi connectivity index (χ0) is 19.2. The van der Waals surface area contributed by atoms with E-state index in [4.69, 9.17) is 0 Å². The molecule has 0 unspecified atom stereocenters. The molecular weight excluding hydrogens is 330 g/mol. The molecule has 1 fully saturated rings. The van der Waals surface area contributed by atoms with Gasteiger partial charge >= 0.3 is 0 Å². The average molecular weight is 368 g/mol. The largest absolute Gasteiger partial charge is 0.356 e. The van der Waals surface area contributed by atoms with Gasteiger partial charge in [0, 0.05) is 13.0 Å². The first kappa shape index (κ1) is 21.5. The highest BCUT2D eigenvalue weighted by Gasteiger charge is 2.23. The molecule has 0 heterocycles. The molecule has 1 aromatic rings. The summed E-state index contributed by atoms with van der Waals surface area (Å²) >= 11 is 0. The maximum absolute atomic E-state index is 11.4. The van der Waals surface area contributed by atoms with Crippen LogP contribution in [0.5, 0.6) is 0 Å². The lowest BCUT2D eigenvalue weighted by Crippen LogP contribution is -2.21. The SMILES string of the molecule is CCNC(=O)CCC/C=C\C[C@H]1CCC[C@@H]1/C=C/CCCc1ccccc1. The van der Waals surface area contributed by atoms with Gasteiger partial charge in [-0.2, -0.15) is 0 Å². The highest BCUT2D eigenvalue weighted by atomic mass is 16.1. The van der Waals surface area contributed by atoms with Crippen LogP contribution in [0.15, 0.2) is 54.6 Å². The molecule has 2 heteroatoms. The van der Waals surface area contributed by atoms with Gasteiger partial charge in [0.05, 0.1) is 0 Å². The van der Waals surface area contributed by atoms with Gasteiger partial charge in [0.1, 0.15) is 0 Å². The van der Waals surface area contributed by atoms with E-state index in [2.05, 4.69) is 60.0 Å². The molecule has 1 saturated carbocycles. The van der Waals surface area contributed by atoms with Gasteiger partial charge in [-0.05, 0) is 75.7 Å². The number of hydrogen-bond acceptors (Lipinski definition) is 1. The quantitative estimate of drug-likeness (QED) is 0.344. The van der Waals surface area contributed by atoms with Crippen molar-refractivity contribution in [2.75, 3.05) is 6.54 Å². The summed E-state index contributed by atoms with van der Waals surface area (Å²) < 4.78 is 0. The Labute approximate surface area is 166 Å². The Morgan fingerprint density at radius 2 is 1.89 bits per heavy atom. The van der Waals surface area contributed by atoms with E-state index >= 15 is 0 Å². The molecule has 0 saturated heterocycles. The molecule has 2 nitrogen and oxygen atoms in total. The lowest BCUT2D eigenvalue weighted by Gasteiger charge is -2.14. The first-order chi connectivity index (χ1) is 13.3. The Morgan fingerprint density at radius 1 is 1.07 bits per heavy atom. The monoisotopic (exact) mass is 367 g/mol. The maximum Gasteiger partial charge on any atom is 0.219 e. The smallest absolute Gasteiger partial charge is 0.219 e. The maximum atomic E-state index is 11.4. The van der Waals surface area contributed by atoms with E-state index in [0.29, 0.717) is 6.42 Å². The first-order valence-electron chi connectivity index (χ1n) is 10.9. The lowest BCUT2D eigenvalue weighted by molar-refractivity contribution is -0.121. The van der Waals surface area contributed by atoms with Crippen molar-refractivity contribution < 1.29 is 4.79 Å². The molecule has 1 aromatic carbocycles. The Bertz CT molecular complexity index is 575. The van der Waals surface area contributed by atoms with Gasteiger partial charge in [0.15, 0.2) is 0 Å². The third-order valence-electron chi connectivity index (χ3n) is 5.53. The summed E-state index contributed by atoms with van der Waals surface area (Å²) in [5, 5.41) is 2.85. The van der Waals surface area contributed by atoms with Crippen molar-refractivity contribution in [3.8, 4) is 0 Å². The molecule has 1 aliphatic rings. The van der Waals surface area contributed by atoms with Crippen molar-refractivity contribution in [2.24, 2.45) is 11.8 Å². The van der Waals surface area contributed by atoms with E-state index < -0.39 is 0 Å². The Kier molecular flexibility index (Phi) is 10.6. The number of rotatable bonds is 12. The Balaban J connectivity index is 1.58. The second-order valence-corrected chi connectivity index (χ2v) is 7.71. The van der Waals surface area contributed by atoms with Crippen molar-refractivity contribution in [1.29, 1.82) is 0 Å². The van der Waals surface area contributed by atoms with Gasteiger partial charge in [0.2, 0.25) is 5.91 Å². The third-order valence-corrected chi connectivity index (χ3v) is 5.53. The van der Waals surface area contributed by atoms with Gasteiger partial charge in [-0.3, -0.25) is 4.79 Å². The molecular formula is C25H37NO. The second-order valence-electron chi connectivity index (χ2n) is 7.71. The van der Waals surface area contributed by atoms with Crippen LogP contribution in [0.1, 0.15) is 70.3 Å². The molecule has 0 spiro atoms. The average Bonchev–Trinajstić information content (AvgIpc) is 3.12. The van der Waals surface area contributed by atoms with Crippen molar-refractivity contribution >= 4 is 5.91 Å².